The molecule has 1 heterocycles. The monoisotopic (exact) mass is 323 g/mol. The maximum Gasteiger partial charge on any atom is 0.130 e. The summed E-state index contributed by atoms with van der Waals surface area (Å²) in [5.41, 5.74) is 3.02. The third-order valence-electron chi connectivity index (χ3n) is 3.87. The standard InChI is InChI=1S/C20H22FN3/c1-20(2,3)18-13-19(22-14-15-9-11-16(21)12-10-15)24(23-18)17-7-5-4-6-8-17/h4-13,22H,14H2,1-3H3. The van der Waals surface area contributed by atoms with Gasteiger partial charge in [-0.3, -0.25) is 0 Å². The number of benzene rings is 2. The minimum absolute atomic E-state index is 0.0354. The minimum Gasteiger partial charge on any atom is -0.366 e. The van der Waals surface area contributed by atoms with E-state index < -0.39 is 0 Å². The number of aromatic nitrogens is 2. The molecule has 3 rings (SSSR count). The topological polar surface area (TPSA) is 29.9 Å². The number of hydrogen-bond donors (Lipinski definition) is 1. The smallest absolute Gasteiger partial charge is 0.130 e. The van der Waals surface area contributed by atoms with Crippen LogP contribution < -0.4 is 5.32 Å². The fraction of sp³-hybridized carbons (Fsp3) is 0.250. The van der Waals surface area contributed by atoms with Gasteiger partial charge in [0.05, 0.1) is 11.4 Å². The average Bonchev–Trinajstić information content (AvgIpc) is 3.00. The van der Waals surface area contributed by atoms with E-state index in [1.165, 1.54) is 12.1 Å². The van der Waals surface area contributed by atoms with Crippen LogP contribution in [0.4, 0.5) is 10.2 Å². The Kier molecular flexibility index (Phi) is 4.38. The molecular formula is C20H22FN3. The molecule has 124 valence electrons. The number of para-hydroxylation sites is 1. The van der Waals surface area contributed by atoms with Crippen LogP contribution in [0.15, 0.2) is 60.7 Å². The number of anilines is 1. The lowest BCUT2D eigenvalue weighted by molar-refractivity contribution is 0.560. The van der Waals surface area contributed by atoms with Gasteiger partial charge >= 0.3 is 0 Å². The van der Waals surface area contributed by atoms with E-state index in [4.69, 9.17) is 5.10 Å². The molecule has 0 amide bonds. The second-order valence-corrected chi connectivity index (χ2v) is 6.89. The van der Waals surface area contributed by atoms with Crippen LogP contribution in [0.5, 0.6) is 0 Å². The summed E-state index contributed by atoms with van der Waals surface area (Å²) in [6.45, 7) is 7.06. The van der Waals surface area contributed by atoms with Crippen LogP contribution in [0.2, 0.25) is 0 Å². The fourth-order valence-electron chi connectivity index (χ4n) is 2.43. The van der Waals surface area contributed by atoms with Gasteiger partial charge in [0.2, 0.25) is 0 Å². The second kappa shape index (κ2) is 6.48. The molecular weight excluding hydrogens is 301 g/mol. The fourth-order valence-corrected chi connectivity index (χ4v) is 2.43. The molecule has 0 saturated carbocycles. The highest BCUT2D eigenvalue weighted by Crippen LogP contribution is 2.26. The molecule has 0 fully saturated rings. The predicted molar refractivity (Wildman–Crippen MR) is 96.0 cm³/mol. The van der Waals surface area contributed by atoms with Crippen molar-refractivity contribution in [2.24, 2.45) is 0 Å². The zero-order valence-electron chi connectivity index (χ0n) is 14.3. The van der Waals surface area contributed by atoms with Gasteiger partial charge in [-0.2, -0.15) is 5.10 Å². The number of halogens is 1. The molecule has 1 N–H and O–H groups in total. The molecule has 1 aromatic heterocycles. The quantitative estimate of drug-likeness (QED) is 0.738. The van der Waals surface area contributed by atoms with Crippen LogP contribution in [0.25, 0.3) is 5.69 Å². The Morgan fingerprint density at radius 2 is 1.67 bits per heavy atom. The molecule has 3 aromatic rings. The highest BCUT2D eigenvalue weighted by molar-refractivity contribution is 5.47. The van der Waals surface area contributed by atoms with E-state index >= 15 is 0 Å². The zero-order chi connectivity index (χ0) is 17.2. The van der Waals surface area contributed by atoms with Crippen molar-refractivity contribution in [2.45, 2.75) is 32.7 Å². The van der Waals surface area contributed by atoms with Gasteiger partial charge in [0.1, 0.15) is 11.6 Å². The number of nitrogens with one attached hydrogen (secondary N) is 1. The minimum atomic E-state index is -0.219. The SMILES string of the molecule is CC(C)(C)c1cc(NCc2ccc(F)cc2)n(-c2ccccc2)n1. The lowest BCUT2D eigenvalue weighted by atomic mass is 9.92. The van der Waals surface area contributed by atoms with Crippen LogP contribution in [0.3, 0.4) is 0 Å². The van der Waals surface area contributed by atoms with Gasteiger partial charge < -0.3 is 5.32 Å². The molecule has 0 aliphatic rings. The van der Waals surface area contributed by atoms with E-state index in [2.05, 4.69) is 32.2 Å². The van der Waals surface area contributed by atoms with Gasteiger partial charge in [-0.25, -0.2) is 9.07 Å². The molecule has 3 nitrogen and oxygen atoms in total. The molecule has 4 heteroatoms. The summed E-state index contributed by atoms with van der Waals surface area (Å²) in [5.74, 6) is 0.707. The summed E-state index contributed by atoms with van der Waals surface area (Å²) in [5, 5.41) is 8.19. The predicted octanol–water partition coefficient (Wildman–Crippen LogP) is 4.92. The van der Waals surface area contributed by atoms with Gasteiger partial charge in [-0.1, -0.05) is 51.1 Å². The van der Waals surface area contributed by atoms with Crippen molar-refractivity contribution in [3.05, 3.63) is 77.7 Å². The molecule has 2 aromatic carbocycles. The van der Waals surface area contributed by atoms with E-state index in [9.17, 15) is 4.39 Å². The third kappa shape index (κ3) is 3.65. The van der Waals surface area contributed by atoms with Crippen molar-refractivity contribution < 1.29 is 4.39 Å². The summed E-state index contributed by atoms with van der Waals surface area (Å²) >= 11 is 0. The average molecular weight is 323 g/mol. The maximum atomic E-state index is 13.0. The summed E-state index contributed by atoms with van der Waals surface area (Å²) in [6.07, 6.45) is 0. The van der Waals surface area contributed by atoms with Gasteiger partial charge in [0, 0.05) is 18.0 Å². The van der Waals surface area contributed by atoms with Crippen LogP contribution >= 0.6 is 0 Å². The van der Waals surface area contributed by atoms with Crippen molar-refractivity contribution in [2.75, 3.05) is 5.32 Å². The van der Waals surface area contributed by atoms with Gasteiger partial charge in [-0.15, -0.1) is 0 Å². The van der Waals surface area contributed by atoms with Crippen molar-refractivity contribution in [3.8, 4) is 5.69 Å². The summed E-state index contributed by atoms with van der Waals surface area (Å²) in [7, 11) is 0. The largest absolute Gasteiger partial charge is 0.366 e. The van der Waals surface area contributed by atoms with Crippen LogP contribution in [0.1, 0.15) is 32.0 Å². The molecule has 0 spiro atoms. The molecule has 0 bridgehead atoms. The highest BCUT2D eigenvalue weighted by Gasteiger charge is 2.20. The van der Waals surface area contributed by atoms with Crippen molar-refractivity contribution >= 4 is 5.82 Å². The molecule has 0 atom stereocenters. The normalized spacial score (nSPS) is 11.5. The molecule has 0 radical (unpaired) electrons. The van der Waals surface area contributed by atoms with Crippen molar-refractivity contribution in [1.82, 2.24) is 9.78 Å². The number of rotatable bonds is 4. The summed E-state index contributed by atoms with van der Waals surface area (Å²) < 4.78 is 15.0. The first-order chi connectivity index (χ1) is 11.4. The maximum absolute atomic E-state index is 13.0. The molecule has 0 aliphatic heterocycles. The summed E-state index contributed by atoms with van der Waals surface area (Å²) in [6, 6.07) is 18.7. The molecule has 24 heavy (non-hydrogen) atoms. The highest BCUT2D eigenvalue weighted by atomic mass is 19.1. The van der Waals surface area contributed by atoms with Crippen LogP contribution in [-0.4, -0.2) is 9.78 Å². The number of hydrogen-bond acceptors (Lipinski definition) is 2. The van der Waals surface area contributed by atoms with Gasteiger partial charge in [0.15, 0.2) is 0 Å². The van der Waals surface area contributed by atoms with E-state index in [1.807, 2.05) is 35.0 Å². The second-order valence-electron chi connectivity index (χ2n) is 6.89. The Bertz CT molecular complexity index is 799. The van der Waals surface area contributed by atoms with Crippen LogP contribution in [0, 0.1) is 5.82 Å². The Morgan fingerprint density at radius 3 is 2.29 bits per heavy atom. The van der Waals surface area contributed by atoms with Gasteiger partial charge in [-0.05, 0) is 29.8 Å². The Morgan fingerprint density at radius 1 is 1.00 bits per heavy atom. The first-order valence-corrected chi connectivity index (χ1v) is 8.08. The van der Waals surface area contributed by atoms with E-state index in [0.717, 1.165) is 22.8 Å². The van der Waals surface area contributed by atoms with Crippen molar-refractivity contribution in [1.29, 1.82) is 0 Å². The first-order valence-electron chi connectivity index (χ1n) is 8.08. The van der Waals surface area contributed by atoms with E-state index in [0.29, 0.717) is 6.54 Å². The van der Waals surface area contributed by atoms with Gasteiger partial charge in [0.25, 0.3) is 0 Å². The molecule has 0 aliphatic carbocycles. The van der Waals surface area contributed by atoms with E-state index in [1.54, 1.807) is 12.1 Å². The third-order valence-corrected chi connectivity index (χ3v) is 3.87. The Hall–Kier alpha value is -2.62. The van der Waals surface area contributed by atoms with E-state index in [-0.39, 0.29) is 11.2 Å². The Balaban J connectivity index is 1.90. The summed E-state index contributed by atoms with van der Waals surface area (Å²) in [4.78, 5) is 0. The van der Waals surface area contributed by atoms with Crippen LogP contribution in [-0.2, 0) is 12.0 Å². The molecule has 0 unspecified atom stereocenters. The number of nitrogens with zero attached hydrogens (tertiary/aromatic N) is 2. The first kappa shape index (κ1) is 16.2. The van der Waals surface area contributed by atoms with Crippen molar-refractivity contribution in [3.63, 3.8) is 0 Å². The zero-order valence-corrected chi connectivity index (χ0v) is 14.3. The Labute approximate surface area is 142 Å². The lowest BCUT2D eigenvalue weighted by Crippen LogP contribution is -2.12. The lowest BCUT2D eigenvalue weighted by Gasteiger charge is -2.14. The molecule has 0 saturated heterocycles.